The van der Waals surface area contributed by atoms with Crippen molar-refractivity contribution >= 4 is 23.0 Å². The molecule has 0 spiro atoms. The van der Waals surface area contributed by atoms with Gasteiger partial charge in [-0.1, -0.05) is 86.3 Å². The lowest BCUT2D eigenvalue weighted by molar-refractivity contribution is 0.104. The molecule has 13 rings (SSSR count). The van der Waals surface area contributed by atoms with Crippen LogP contribution >= 0.6 is 23.0 Å². The molecule has 0 aromatic heterocycles. The summed E-state index contributed by atoms with van der Waals surface area (Å²) in [5.74, 6) is 2.16. The molecule has 444 valence electrons. The third kappa shape index (κ3) is 17.7. The molecule has 0 amide bonds. The molecule has 6 fully saturated rings. The van der Waals surface area contributed by atoms with E-state index in [2.05, 4.69) is 0 Å². The van der Waals surface area contributed by atoms with Gasteiger partial charge in [0.05, 0.1) is 119 Å². The maximum atomic E-state index is 7.22. The van der Waals surface area contributed by atoms with E-state index in [0.29, 0.717) is 153 Å². The van der Waals surface area contributed by atoms with Crippen LogP contribution < -0.4 is 27.1 Å². The largest absolute Gasteiger partial charge is 0.460 e. The first kappa shape index (κ1) is 57.4. The quantitative estimate of drug-likeness (QED) is 0.0263. The van der Waals surface area contributed by atoms with Gasteiger partial charge >= 0.3 is 23.0 Å². The molecule has 0 aliphatic carbocycles. The number of epoxide rings is 6. The van der Waals surface area contributed by atoms with Crippen LogP contribution in [0.3, 0.4) is 0 Å². The van der Waals surface area contributed by atoms with Gasteiger partial charge in [-0.15, -0.1) is 0 Å². The van der Waals surface area contributed by atoms with Gasteiger partial charge in [0.25, 0.3) is 0 Å². The van der Waals surface area contributed by atoms with Crippen LogP contribution in [0.1, 0.15) is 33.4 Å². The van der Waals surface area contributed by atoms with E-state index in [1.165, 1.54) is 0 Å². The molecule has 0 radical (unpaired) electrons. The van der Waals surface area contributed by atoms with Crippen molar-refractivity contribution in [2.75, 3.05) is 79.3 Å². The van der Waals surface area contributed by atoms with Crippen LogP contribution in [0.4, 0.5) is 0 Å². The normalized spacial score (nSPS) is 26.6. The first-order valence-electron chi connectivity index (χ1n) is 28.1. The highest BCUT2D eigenvalue weighted by atomic mass is 31.3. The van der Waals surface area contributed by atoms with Crippen LogP contribution in [0.5, 0.6) is 34.5 Å². The minimum atomic E-state index is -4.29. The van der Waals surface area contributed by atoms with E-state index < -0.39 is 23.0 Å². The minimum absolute atomic E-state index is 0.118. The van der Waals surface area contributed by atoms with Crippen LogP contribution in [0, 0.1) is 0 Å². The van der Waals surface area contributed by atoms with Crippen LogP contribution in [0.15, 0.2) is 159 Å². The Kier molecular flexibility index (Phi) is 18.4. The van der Waals surface area contributed by atoms with Gasteiger partial charge in [-0.2, -0.15) is 0 Å². The number of hydrogen-bond acceptors (Lipinski definition) is 21. The van der Waals surface area contributed by atoms with Gasteiger partial charge in [0.1, 0.15) is 71.1 Å². The topological polar surface area (TPSA) is 223 Å². The molecule has 6 aromatic rings. The van der Waals surface area contributed by atoms with E-state index in [1.807, 2.05) is 146 Å². The molecule has 0 saturated carbocycles. The SMILES string of the molecule is c1cc(OP2(Oc3ccc(COCC4CO4)cc3)=NP(Oc3ccc(COCC4CO4)cc3)(Oc3ccc(COCC4CO4)cc3)=NP(Oc3ccc(COCC4CO4)cc3)(Oc3ccc(COCC4CO4)cc3)=N2)ccc1COCC1CO1. The van der Waals surface area contributed by atoms with Gasteiger partial charge in [-0.3, -0.25) is 0 Å². The molecule has 21 nitrogen and oxygen atoms in total. The van der Waals surface area contributed by atoms with E-state index in [4.69, 9.17) is 97.5 Å². The summed E-state index contributed by atoms with van der Waals surface area (Å²) >= 11 is 0. The lowest BCUT2D eigenvalue weighted by Gasteiger charge is -2.33. The zero-order valence-electron chi connectivity index (χ0n) is 46.1. The second-order valence-electron chi connectivity index (χ2n) is 21.0. The molecule has 6 saturated heterocycles. The van der Waals surface area contributed by atoms with E-state index in [1.54, 1.807) is 0 Å². The van der Waals surface area contributed by atoms with E-state index in [-0.39, 0.29) is 36.6 Å². The predicted octanol–water partition coefficient (Wildman–Crippen LogP) is 11.8. The molecule has 6 aromatic carbocycles. The van der Waals surface area contributed by atoms with Crippen LogP contribution in [0.2, 0.25) is 0 Å². The smallest absolute Gasteiger partial charge is 0.413 e. The minimum Gasteiger partial charge on any atom is -0.413 e. The van der Waals surface area contributed by atoms with Crippen LogP contribution in [-0.4, -0.2) is 116 Å². The van der Waals surface area contributed by atoms with Crippen molar-refractivity contribution in [1.82, 2.24) is 0 Å². The first-order valence-corrected chi connectivity index (χ1v) is 32.7. The summed E-state index contributed by atoms with van der Waals surface area (Å²) in [4.78, 5) is 0. The Morgan fingerprint density at radius 2 is 0.393 bits per heavy atom. The fraction of sp³-hybridized carbons (Fsp3) is 0.400. The molecule has 24 heteroatoms. The zero-order valence-corrected chi connectivity index (χ0v) is 48.8. The summed E-state index contributed by atoms with van der Waals surface area (Å²) in [6, 6.07) is 44.8. The van der Waals surface area contributed by atoms with Crippen molar-refractivity contribution in [2.24, 2.45) is 13.5 Å². The average molecular weight is 1210 g/mol. The zero-order chi connectivity index (χ0) is 56.4. The maximum absolute atomic E-state index is 7.22. The molecule has 6 atom stereocenters. The van der Waals surface area contributed by atoms with Crippen molar-refractivity contribution in [2.45, 2.75) is 76.3 Å². The lowest BCUT2D eigenvalue weighted by Crippen LogP contribution is -2.11. The van der Waals surface area contributed by atoms with E-state index in [9.17, 15) is 0 Å². The number of rotatable bonds is 36. The van der Waals surface area contributed by atoms with Crippen molar-refractivity contribution in [3.05, 3.63) is 179 Å². The third-order valence-electron chi connectivity index (χ3n) is 13.4. The Balaban J connectivity index is 0.939. The van der Waals surface area contributed by atoms with Crippen molar-refractivity contribution in [3.63, 3.8) is 0 Å². The van der Waals surface area contributed by atoms with Crippen molar-refractivity contribution in [3.8, 4) is 34.5 Å². The molecule has 7 aliphatic rings. The summed E-state index contributed by atoms with van der Waals surface area (Å²) in [7, 11) is -12.9. The Hall–Kier alpha value is -5.67. The number of hydrogen-bond donors (Lipinski definition) is 0. The Labute approximate surface area is 487 Å². The standard InChI is InChI=1S/C60H66N3O18P3/c1-13-49(14-2-43(1)25-64-31-55-37-70-55)76-82(77-50-15-3-44(4-16-50)26-65-32-56-38-71-56)61-83(78-51-17-5-45(6-18-51)27-66-33-57-39-72-57,79-52-19-7-46(8-20-52)28-67-34-58-40-73-58)63-84(62-82,80-53-21-9-47(10-22-53)29-68-35-59-41-74-59)81-54-23-11-48(12-24-54)30-69-36-60-42-75-60/h1-24,55-60H,25-42H2. The van der Waals surface area contributed by atoms with E-state index >= 15 is 0 Å². The third-order valence-corrected chi connectivity index (χ3v) is 21.5. The molecular weight excluding hydrogens is 1140 g/mol. The Morgan fingerprint density at radius 1 is 0.250 bits per heavy atom. The molecule has 0 N–H and O–H groups in total. The summed E-state index contributed by atoms with van der Waals surface area (Å²) in [6.07, 6.45) is 0.706. The lowest BCUT2D eigenvalue weighted by atomic mass is 10.2. The average Bonchev–Trinajstić information content (AvgIpc) is 3.27. The monoisotopic (exact) mass is 1210 g/mol. The highest BCUT2D eigenvalue weighted by Gasteiger charge is 2.49. The van der Waals surface area contributed by atoms with Gasteiger partial charge in [-0.25, -0.2) is 0 Å². The molecular formula is C60H66N3O18P3. The molecule has 6 unspecified atom stereocenters. The first-order chi connectivity index (χ1) is 41.3. The van der Waals surface area contributed by atoms with Crippen LogP contribution in [0.25, 0.3) is 0 Å². The van der Waals surface area contributed by atoms with Gasteiger partial charge in [0.15, 0.2) is 0 Å². The van der Waals surface area contributed by atoms with Gasteiger partial charge < -0.3 is 84.0 Å². The molecule has 0 bridgehead atoms. The van der Waals surface area contributed by atoms with Gasteiger partial charge in [-0.05, 0) is 106 Å². The number of benzene rings is 6. The number of ether oxygens (including phenoxy) is 12. The van der Waals surface area contributed by atoms with Gasteiger partial charge in [0.2, 0.25) is 0 Å². The summed E-state index contributed by atoms with van der Waals surface area (Å²) < 4.78 is 128. The second-order valence-corrected chi connectivity index (χ2v) is 27.2. The highest BCUT2D eigenvalue weighted by molar-refractivity contribution is 7.79. The molecule has 7 aliphatic heterocycles. The van der Waals surface area contributed by atoms with Crippen LogP contribution in [-0.2, 0) is 96.5 Å². The summed E-state index contributed by atoms with van der Waals surface area (Å²) in [5, 5.41) is 0. The number of nitrogens with zero attached hydrogens (tertiary/aromatic N) is 3. The molecule has 84 heavy (non-hydrogen) atoms. The van der Waals surface area contributed by atoms with E-state index in [0.717, 1.165) is 33.4 Å². The Morgan fingerprint density at radius 3 is 0.524 bits per heavy atom. The fourth-order valence-corrected chi connectivity index (χ4v) is 17.4. The second kappa shape index (κ2) is 26.9. The maximum Gasteiger partial charge on any atom is 0.460 e. The predicted molar refractivity (Wildman–Crippen MR) is 307 cm³/mol. The molecule has 7 heterocycles. The van der Waals surface area contributed by atoms with Crippen molar-refractivity contribution < 1.29 is 84.0 Å². The fourth-order valence-electron chi connectivity index (χ4n) is 8.30. The summed E-state index contributed by atoms with van der Waals surface area (Å²) in [5.41, 5.74) is 5.45. The Bertz CT molecular complexity index is 2710. The van der Waals surface area contributed by atoms with Crippen molar-refractivity contribution in [1.29, 1.82) is 0 Å². The van der Waals surface area contributed by atoms with Gasteiger partial charge in [0, 0.05) is 0 Å². The highest BCUT2D eigenvalue weighted by Crippen LogP contribution is 2.78. The summed E-state index contributed by atoms with van der Waals surface area (Å²) in [6.45, 7) is 9.32.